The van der Waals surface area contributed by atoms with Crippen molar-refractivity contribution >= 4 is 12.0 Å². The van der Waals surface area contributed by atoms with Crippen LogP contribution in [0.2, 0.25) is 0 Å². The number of carboxylic acid groups (broad SMARTS) is 1. The van der Waals surface area contributed by atoms with Crippen LogP contribution in [0.4, 0.5) is 4.79 Å². The van der Waals surface area contributed by atoms with Gasteiger partial charge in [-0.15, -0.1) is 0 Å². The number of aliphatic hydroxyl groups excluding tert-OH is 1. The molecule has 0 aromatic heterocycles. The van der Waals surface area contributed by atoms with Crippen LogP contribution in [-0.4, -0.2) is 52.9 Å². The highest BCUT2D eigenvalue weighted by atomic mass is 16.4. The van der Waals surface area contributed by atoms with E-state index in [0.29, 0.717) is 6.54 Å². The van der Waals surface area contributed by atoms with Gasteiger partial charge in [-0.3, -0.25) is 0 Å². The Morgan fingerprint density at radius 1 is 1.24 bits per heavy atom. The topological polar surface area (TPSA) is 89.9 Å². The van der Waals surface area contributed by atoms with Gasteiger partial charge in [-0.1, -0.05) is 32.6 Å². The number of unbranched alkanes of at least 4 members (excludes halogenated alkanes) is 1. The van der Waals surface area contributed by atoms with Gasteiger partial charge in [0.2, 0.25) is 0 Å². The van der Waals surface area contributed by atoms with Gasteiger partial charge >= 0.3 is 12.0 Å². The van der Waals surface area contributed by atoms with Crippen LogP contribution < -0.4 is 5.32 Å². The fourth-order valence-corrected chi connectivity index (χ4v) is 2.86. The van der Waals surface area contributed by atoms with Crippen molar-refractivity contribution in [1.29, 1.82) is 0 Å². The summed E-state index contributed by atoms with van der Waals surface area (Å²) in [5.74, 6) is -0.947. The molecule has 1 aliphatic rings. The lowest BCUT2D eigenvalue weighted by molar-refractivity contribution is -0.141. The van der Waals surface area contributed by atoms with Crippen molar-refractivity contribution in [3.63, 3.8) is 0 Å². The van der Waals surface area contributed by atoms with Gasteiger partial charge in [0.1, 0.15) is 6.04 Å². The number of hydrogen-bond acceptors (Lipinski definition) is 3. The zero-order chi connectivity index (χ0) is 15.7. The zero-order valence-electron chi connectivity index (χ0n) is 12.9. The molecule has 6 heteroatoms. The molecule has 0 aliphatic heterocycles. The van der Waals surface area contributed by atoms with Gasteiger partial charge in [-0.25, -0.2) is 9.59 Å². The molecule has 3 N–H and O–H groups in total. The monoisotopic (exact) mass is 300 g/mol. The van der Waals surface area contributed by atoms with E-state index in [1.54, 1.807) is 0 Å². The lowest BCUT2D eigenvalue weighted by atomic mass is 9.84. The van der Waals surface area contributed by atoms with Crippen molar-refractivity contribution in [3.05, 3.63) is 0 Å². The van der Waals surface area contributed by atoms with E-state index in [2.05, 4.69) is 5.32 Å². The smallest absolute Gasteiger partial charge is 0.326 e. The molecule has 0 bridgehead atoms. The third-order valence-corrected chi connectivity index (χ3v) is 4.10. The van der Waals surface area contributed by atoms with Crippen LogP contribution in [0.25, 0.3) is 0 Å². The molecule has 1 atom stereocenters. The zero-order valence-corrected chi connectivity index (χ0v) is 12.9. The largest absolute Gasteiger partial charge is 0.480 e. The van der Waals surface area contributed by atoms with E-state index in [1.165, 1.54) is 4.90 Å². The lowest BCUT2D eigenvalue weighted by Crippen LogP contribution is -2.52. The molecule has 0 spiro atoms. The second-order valence-electron chi connectivity index (χ2n) is 5.73. The highest BCUT2D eigenvalue weighted by Gasteiger charge is 2.31. The number of carbonyl (C=O) groups is 2. The minimum absolute atomic E-state index is 0.0161. The number of nitrogens with zero attached hydrogens (tertiary/aromatic N) is 1. The van der Waals surface area contributed by atoms with Crippen LogP contribution >= 0.6 is 0 Å². The molecule has 1 fully saturated rings. The number of carboxylic acids is 1. The van der Waals surface area contributed by atoms with E-state index in [4.69, 9.17) is 5.11 Å². The average Bonchev–Trinajstić information content (AvgIpc) is 2.49. The molecule has 21 heavy (non-hydrogen) atoms. The second-order valence-corrected chi connectivity index (χ2v) is 5.73. The van der Waals surface area contributed by atoms with E-state index in [9.17, 15) is 14.7 Å². The average molecular weight is 300 g/mol. The molecule has 1 unspecified atom stereocenters. The predicted molar refractivity (Wildman–Crippen MR) is 80.1 cm³/mol. The summed E-state index contributed by atoms with van der Waals surface area (Å²) in [6, 6.07) is -1.20. The van der Waals surface area contributed by atoms with Gasteiger partial charge in [0.05, 0.1) is 6.61 Å². The molecule has 1 saturated carbocycles. The predicted octanol–water partition coefficient (Wildman–Crippen LogP) is 1.82. The summed E-state index contributed by atoms with van der Waals surface area (Å²) in [5, 5.41) is 21.1. The molecule has 1 rings (SSSR count). The highest BCUT2D eigenvalue weighted by Crippen LogP contribution is 2.26. The summed E-state index contributed by atoms with van der Waals surface area (Å²) in [6.45, 7) is 2.69. The number of amides is 2. The molecule has 2 amide bonds. The molecule has 0 radical (unpaired) electrons. The van der Waals surface area contributed by atoms with Crippen molar-refractivity contribution in [2.75, 3.05) is 19.7 Å². The van der Waals surface area contributed by atoms with E-state index in [1.807, 2.05) is 6.92 Å². The number of aliphatic hydroxyl groups is 1. The molecular formula is C15H28N2O4. The number of aliphatic carboxylic acids is 1. The quantitative estimate of drug-likeness (QED) is 0.638. The summed E-state index contributed by atoms with van der Waals surface area (Å²) in [6.07, 6.45) is 6.69. The second kappa shape index (κ2) is 9.60. The van der Waals surface area contributed by atoms with Crippen LogP contribution in [0, 0.1) is 5.92 Å². The summed E-state index contributed by atoms with van der Waals surface area (Å²) < 4.78 is 0. The molecule has 122 valence electrons. The Balaban J connectivity index is 2.62. The maximum Gasteiger partial charge on any atom is 0.326 e. The first kappa shape index (κ1) is 17.8. The fourth-order valence-electron chi connectivity index (χ4n) is 2.86. The molecule has 6 nitrogen and oxygen atoms in total. The van der Waals surface area contributed by atoms with Gasteiger partial charge in [-0.05, 0) is 25.2 Å². The molecular weight excluding hydrogens is 272 g/mol. The Morgan fingerprint density at radius 3 is 2.43 bits per heavy atom. The third kappa shape index (κ3) is 5.91. The minimum atomic E-state index is -0.963. The van der Waals surface area contributed by atoms with Crippen LogP contribution in [0.1, 0.15) is 51.9 Å². The number of carbonyl (C=O) groups excluding carboxylic acids is 1. The maximum absolute atomic E-state index is 12.2. The van der Waals surface area contributed by atoms with E-state index in [0.717, 1.165) is 44.9 Å². The van der Waals surface area contributed by atoms with E-state index < -0.39 is 12.0 Å². The Kier molecular flexibility index (Phi) is 8.12. The summed E-state index contributed by atoms with van der Waals surface area (Å²) >= 11 is 0. The van der Waals surface area contributed by atoms with Gasteiger partial charge in [-0.2, -0.15) is 0 Å². The maximum atomic E-state index is 12.2. The highest BCUT2D eigenvalue weighted by molar-refractivity contribution is 5.82. The summed E-state index contributed by atoms with van der Waals surface area (Å²) in [4.78, 5) is 25.2. The van der Waals surface area contributed by atoms with E-state index in [-0.39, 0.29) is 25.1 Å². The number of hydrogen-bond donors (Lipinski definition) is 3. The van der Waals surface area contributed by atoms with Gasteiger partial charge < -0.3 is 20.4 Å². The third-order valence-electron chi connectivity index (χ3n) is 4.10. The van der Waals surface area contributed by atoms with Crippen LogP contribution in [0.5, 0.6) is 0 Å². The first-order valence-electron chi connectivity index (χ1n) is 7.99. The Morgan fingerprint density at radius 2 is 1.90 bits per heavy atom. The van der Waals surface area contributed by atoms with Crippen molar-refractivity contribution in [2.45, 2.75) is 57.9 Å². The van der Waals surface area contributed by atoms with Gasteiger partial charge in [0.25, 0.3) is 0 Å². The normalized spacial score (nSPS) is 17.2. The van der Waals surface area contributed by atoms with Crippen molar-refractivity contribution < 1.29 is 19.8 Å². The standard InChI is InChI=1S/C15H28N2O4/c1-2-3-9-17(10-11-18)15(21)16-13(14(19)20)12-7-5-4-6-8-12/h12-13,18H,2-11H2,1H3,(H,16,21)(H,19,20). The first-order chi connectivity index (χ1) is 10.1. The van der Waals surface area contributed by atoms with Crippen LogP contribution in [-0.2, 0) is 4.79 Å². The Bertz CT molecular complexity index is 330. The fraction of sp³-hybridized carbons (Fsp3) is 0.867. The van der Waals surface area contributed by atoms with E-state index >= 15 is 0 Å². The summed E-state index contributed by atoms with van der Waals surface area (Å²) in [5.41, 5.74) is 0. The van der Waals surface area contributed by atoms with Gasteiger partial charge in [0, 0.05) is 13.1 Å². The van der Waals surface area contributed by atoms with Gasteiger partial charge in [0.15, 0.2) is 0 Å². The first-order valence-corrected chi connectivity index (χ1v) is 7.99. The number of nitrogens with one attached hydrogen (secondary N) is 1. The number of rotatable bonds is 8. The Hall–Kier alpha value is -1.30. The molecule has 0 saturated heterocycles. The van der Waals surface area contributed by atoms with Crippen molar-refractivity contribution in [3.8, 4) is 0 Å². The lowest BCUT2D eigenvalue weighted by Gasteiger charge is -2.30. The molecule has 0 aromatic rings. The Labute approximate surface area is 126 Å². The van der Waals surface area contributed by atoms with Crippen LogP contribution in [0.3, 0.4) is 0 Å². The molecule has 0 aromatic carbocycles. The van der Waals surface area contributed by atoms with Crippen LogP contribution in [0.15, 0.2) is 0 Å². The molecule has 1 aliphatic carbocycles. The summed E-state index contributed by atoms with van der Waals surface area (Å²) in [7, 11) is 0. The number of urea groups is 1. The van der Waals surface area contributed by atoms with Crippen molar-refractivity contribution in [1.82, 2.24) is 10.2 Å². The molecule has 0 heterocycles. The SMILES string of the molecule is CCCCN(CCO)C(=O)NC(C(=O)O)C1CCCCC1. The minimum Gasteiger partial charge on any atom is -0.480 e. The van der Waals surface area contributed by atoms with Crippen molar-refractivity contribution in [2.24, 2.45) is 5.92 Å².